The van der Waals surface area contributed by atoms with Gasteiger partial charge >= 0.3 is 0 Å². The number of aliphatic hydroxyl groups is 1. The first-order valence-electron chi connectivity index (χ1n) is 12.1. The first kappa shape index (κ1) is 23.9. The molecule has 0 radical (unpaired) electrons. The van der Waals surface area contributed by atoms with Gasteiger partial charge in [0.05, 0.1) is 5.69 Å². The molecule has 3 heterocycles. The van der Waals surface area contributed by atoms with Crippen LogP contribution in [-0.2, 0) is 14.2 Å². The Morgan fingerprint density at radius 3 is 2.31 bits per heavy atom. The molecule has 6 heteroatoms. The second-order valence-corrected chi connectivity index (χ2v) is 10.0. The van der Waals surface area contributed by atoms with Crippen LogP contribution in [0.4, 0.5) is 4.39 Å². The van der Waals surface area contributed by atoms with E-state index in [1.54, 1.807) is 12.1 Å². The molecule has 0 spiro atoms. The molecule has 0 aliphatic carbocycles. The number of benzene rings is 2. The summed E-state index contributed by atoms with van der Waals surface area (Å²) in [4.78, 5) is 0. The third kappa shape index (κ3) is 4.36. The van der Waals surface area contributed by atoms with Crippen LogP contribution in [0.25, 0.3) is 28.6 Å². The lowest BCUT2D eigenvalue weighted by atomic mass is 9.96. The van der Waals surface area contributed by atoms with E-state index >= 15 is 0 Å². The van der Waals surface area contributed by atoms with Gasteiger partial charge in [-0.15, -0.1) is 0 Å². The van der Waals surface area contributed by atoms with Gasteiger partial charge in [0.25, 0.3) is 0 Å². The number of rotatable bonds is 5. The quantitative estimate of drug-likeness (QED) is 0.482. The fourth-order valence-electron chi connectivity index (χ4n) is 5.29. The van der Waals surface area contributed by atoms with E-state index in [1.807, 2.05) is 44.3 Å². The van der Waals surface area contributed by atoms with Gasteiger partial charge in [0.15, 0.2) is 12.1 Å². The Kier molecular flexibility index (Phi) is 6.18. The van der Waals surface area contributed by atoms with Crippen molar-refractivity contribution >= 4 is 6.20 Å². The van der Waals surface area contributed by atoms with Crippen molar-refractivity contribution in [2.45, 2.75) is 70.9 Å². The lowest BCUT2D eigenvalue weighted by Crippen LogP contribution is -2.33. The summed E-state index contributed by atoms with van der Waals surface area (Å²) in [7, 11) is 0. The Balaban J connectivity index is 1.62. The number of halogens is 1. The minimum Gasteiger partial charge on any atom is -0.387 e. The summed E-state index contributed by atoms with van der Waals surface area (Å²) in [5.41, 5.74) is 6.37. The normalized spacial score (nSPS) is 25.6. The van der Waals surface area contributed by atoms with E-state index in [9.17, 15) is 9.50 Å². The van der Waals surface area contributed by atoms with Crippen molar-refractivity contribution in [1.29, 1.82) is 0 Å². The van der Waals surface area contributed by atoms with Gasteiger partial charge in [-0.3, -0.25) is 0 Å². The average Bonchev–Trinajstić information content (AvgIpc) is 3.39. The molecular weight excluding hydrogens is 445 g/mol. The van der Waals surface area contributed by atoms with Crippen molar-refractivity contribution in [3.8, 4) is 22.4 Å². The van der Waals surface area contributed by atoms with Gasteiger partial charge in [-0.1, -0.05) is 44.2 Å². The molecule has 4 atom stereocenters. The standard InChI is InChI=1S/C29H32FNO4/c1-17(2)24-18(3)23(19-9-7-6-8-10-19)25(20-11-13-21(30)14-12-20)31(24)16-15-22-26(32)27-28(33-22)35-29(4,5)34-27/h6-17,22,26-28,32H,1-5H3/b16-15+/t22-,26?,27?,28?/m1/s1. The molecule has 2 saturated heterocycles. The van der Waals surface area contributed by atoms with E-state index in [0.29, 0.717) is 0 Å². The molecule has 35 heavy (non-hydrogen) atoms. The van der Waals surface area contributed by atoms with E-state index in [1.165, 1.54) is 12.1 Å². The van der Waals surface area contributed by atoms with Crippen molar-refractivity contribution in [3.05, 3.63) is 77.7 Å². The van der Waals surface area contributed by atoms with Crippen LogP contribution in [0.5, 0.6) is 0 Å². The van der Waals surface area contributed by atoms with Crippen LogP contribution in [-0.4, -0.2) is 40.1 Å². The maximum atomic E-state index is 13.8. The van der Waals surface area contributed by atoms with Crippen molar-refractivity contribution < 1.29 is 23.7 Å². The van der Waals surface area contributed by atoms with E-state index in [2.05, 4.69) is 37.5 Å². The smallest absolute Gasteiger partial charge is 0.190 e. The predicted octanol–water partition coefficient (Wildman–Crippen LogP) is 6.10. The number of aromatic nitrogens is 1. The van der Waals surface area contributed by atoms with Crippen LogP contribution in [0.2, 0.25) is 0 Å². The molecule has 2 aromatic carbocycles. The van der Waals surface area contributed by atoms with Crippen LogP contribution in [0.1, 0.15) is 44.9 Å². The minimum absolute atomic E-state index is 0.220. The van der Waals surface area contributed by atoms with Crippen molar-refractivity contribution in [2.24, 2.45) is 0 Å². The van der Waals surface area contributed by atoms with E-state index in [4.69, 9.17) is 14.2 Å². The molecule has 3 aromatic rings. The van der Waals surface area contributed by atoms with Gasteiger partial charge in [-0.25, -0.2) is 4.39 Å². The fraction of sp³-hybridized carbons (Fsp3) is 0.379. The average molecular weight is 478 g/mol. The van der Waals surface area contributed by atoms with Gasteiger partial charge < -0.3 is 23.9 Å². The van der Waals surface area contributed by atoms with Crippen LogP contribution < -0.4 is 0 Å². The monoisotopic (exact) mass is 477 g/mol. The fourth-order valence-corrected chi connectivity index (χ4v) is 5.29. The third-order valence-corrected chi connectivity index (χ3v) is 6.70. The lowest BCUT2D eigenvalue weighted by molar-refractivity contribution is -0.209. The number of ether oxygens (including phenoxy) is 3. The van der Waals surface area contributed by atoms with E-state index in [-0.39, 0.29) is 11.7 Å². The number of fused-ring (bicyclic) bond motifs is 1. The predicted molar refractivity (Wildman–Crippen MR) is 134 cm³/mol. The zero-order valence-corrected chi connectivity index (χ0v) is 20.7. The molecule has 2 aliphatic heterocycles. The lowest BCUT2D eigenvalue weighted by Gasteiger charge is -2.21. The van der Waals surface area contributed by atoms with Crippen LogP contribution in [0, 0.1) is 12.7 Å². The Hall–Kier alpha value is -2.77. The second-order valence-electron chi connectivity index (χ2n) is 10.0. The third-order valence-electron chi connectivity index (χ3n) is 6.70. The highest BCUT2D eigenvalue weighted by atomic mass is 19.1. The molecular formula is C29H32FNO4. The Morgan fingerprint density at radius 2 is 1.69 bits per heavy atom. The van der Waals surface area contributed by atoms with Crippen LogP contribution >= 0.6 is 0 Å². The summed E-state index contributed by atoms with van der Waals surface area (Å²) < 4.78 is 33.6. The Labute approximate surface area is 205 Å². The SMILES string of the molecule is Cc1c(-c2ccccc2)c(-c2ccc(F)cc2)n(/C=C/[C@H]2OC3OC(C)(C)OC3C2O)c1C(C)C. The maximum Gasteiger partial charge on any atom is 0.190 e. The summed E-state index contributed by atoms with van der Waals surface area (Å²) in [6, 6.07) is 16.8. The molecule has 0 amide bonds. The highest BCUT2D eigenvalue weighted by molar-refractivity contribution is 5.87. The molecule has 2 fully saturated rings. The maximum absolute atomic E-state index is 13.8. The Morgan fingerprint density at radius 1 is 1.00 bits per heavy atom. The van der Waals surface area contributed by atoms with Gasteiger partial charge in [-0.2, -0.15) is 0 Å². The molecule has 1 N–H and O–H groups in total. The zero-order chi connectivity index (χ0) is 24.9. The van der Waals surface area contributed by atoms with E-state index in [0.717, 1.165) is 33.6 Å². The van der Waals surface area contributed by atoms with Crippen molar-refractivity contribution in [1.82, 2.24) is 4.57 Å². The molecule has 3 unspecified atom stereocenters. The molecule has 184 valence electrons. The highest BCUT2D eigenvalue weighted by Gasteiger charge is 2.53. The largest absolute Gasteiger partial charge is 0.387 e. The van der Waals surface area contributed by atoms with Crippen LogP contribution in [0.15, 0.2) is 60.7 Å². The van der Waals surface area contributed by atoms with Crippen molar-refractivity contribution in [2.75, 3.05) is 0 Å². The summed E-state index contributed by atoms with van der Waals surface area (Å²) in [6.07, 6.45) is 1.24. The topological polar surface area (TPSA) is 52.9 Å². The number of aliphatic hydroxyl groups excluding tert-OH is 1. The molecule has 2 aliphatic rings. The molecule has 0 bridgehead atoms. The van der Waals surface area contributed by atoms with Gasteiger partial charge in [-0.05, 0) is 73.7 Å². The van der Waals surface area contributed by atoms with Gasteiger partial charge in [0, 0.05) is 17.5 Å². The number of nitrogens with zero attached hydrogens (tertiary/aromatic N) is 1. The minimum atomic E-state index is -0.847. The first-order valence-corrected chi connectivity index (χ1v) is 12.1. The number of hydrogen-bond acceptors (Lipinski definition) is 4. The summed E-state index contributed by atoms with van der Waals surface area (Å²) >= 11 is 0. The summed E-state index contributed by atoms with van der Waals surface area (Å²) in [5.74, 6) is -0.841. The zero-order valence-electron chi connectivity index (χ0n) is 20.7. The summed E-state index contributed by atoms with van der Waals surface area (Å²) in [5, 5.41) is 10.9. The molecule has 0 saturated carbocycles. The highest BCUT2D eigenvalue weighted by Crippen LogP contribution is 2.42. The van der Waals surface area contributed by atoms with Gasteiger partial charge in [0.2, 0.25) is 0 Å². The molecule has 1 aromatic heterocycles. The Bertz CT molecular complexity index is 1230. The molecule has 5 rings (SSSR count). The summed E-state index contributed by atoms with van der Waals surface area (Å²) in [6.45, 7) is 10.1. The van der Waals surface area contributed by atoms with Crippen molar-refractivity contribution in [3.63, 3.8) is 0 Å². The molecule has 5 nitrogen and oxygen atoms in total. The van der Waals surface area contributed by atoms with Crippen LogP contribution in [0.3, 0.4) is 0 Å². The van der Waals surface area contributed by atoms with Gasteiger partial charge in [0.1, 0.15) is 24.1 Å². The first-order chi connectivity index (χ1) is 16.7. The van der Waals surface area contributed by atoms with E-state index < -0.39 is 30.4 Å². The second kappa shape index (κ2) is 9.03. The number of hydrogen-bond donors (Lipinski definition) is 1.